The predicted octanol–water partition coefficient (Wildman–Crippen LogP) is 4.34. The third kappa shape index (κ3) is 3.78. The number of carboxylic acid groups (broad SMARTS) is 1. The van der Waals surface area contributed by atoms with Crippen molar-refractivity contribution in [1.29, 1.82) is 0 Å². The summed E-state index contributed by atoms with van der Waals surface area (Å²) in [7, 11) is 0. The Labute approximate surface area is 208 Å². The van der Waals surface area contributed by atoms with Crippen molar-refractivity contribution in [1.82, 2.24) is 0 Å². The lowest BCUT2D eigenvalue weighted by molar-refractivity contribution is -0.145. The molecule has 4 aliphatic rings. The standard InChI is InChI=1S/C29H42O6/c1-14(16(3)27(34)35)7-8-15(2)18-9-10-19-23-22(31)13-20-17(4)21(30)11-12-28(20,5)24(23)25(32)26(33)29(18,19)6/h15-21,26,30,33H,1,7-13H2,2-6H3,(H,34,35)/t15-,16+,17+,18?,19?,20?,21-,26+,28+,29-/m1/s1. The number of allylic oxidation sites excluding steroid dienone is 1. The molecule has 2 saturated carbocycles. The van der Waals surface area contributed by atoms with Crippen molar-refractivity contribution in [2.45, 2.75) is 91.8 Å². The van der Waals surface area contributed by atoms with Crippen LogP contribution in [0.3, 0.4) is 0 Å². The number of carbonyl (C=O) groups is 3. The Kier molecular flexibility index (Phi) is 6.72. The first-order valence-corrected chi connectivity index (χ1v) is 13.3. The van der Waals surface area contributed by atoms with Crippen molar-refractivity contribution < 1.29 is 29.7 Å². The molecule has 35 heavy (non-hydrogen) atoms. The first-order valence-electron chi connectivity index (χ1n) is 13.3. The second-order valence-electron chi connectivity index (χ2n) is 12.5. The summed E-state index contributed by atoms with van der Waals surface area (Å²) in [5.74, 6) is -1.84. The Bertz CT molecular complexity index is 980. The van der Waals surface area contributed by atoms with Crippen LogP contribution in [0.2, 0.25) is 0 Å². The number of ketones is 2. The predicted molar refractivity (Wildman–Crippen MR) is 132 cm³/mol. The highest BCUT2D eigenvalue weighted by atomic mass is 16.4. The normalized spacial score (nSPS) is 42.7. The van der Waals surface area contributed by atoms with Crippen molar-refractivity contribution >= 4 is 17.5 Å². The van der Waals surface area contributed by atoms with Crippen molar-refractivity contribution in [2.75, 3.05) is 0 Å². The van der Waals surface area contributed by atoms with Crippen molar-refractivity contribution in [3.8, 4) is 0 Å². The maximum absolute atomic E-state index is 13.9. The number of carboxylic acids is 1. The summed E-state index contributed by atoms with van der Waals surface area (Å²) in [6, 6.07) is 0. The van der Waals surface area contributed by atoms with Crippen LogP contribution in [0.1, 0.15) is 79.6 Å². The van der Waals surface area contributed by atoms with E-state index in [1.807, 2.05) is 13.8 Å². The van der Waals surface area contributed by atoms with Crippen LogP contribution in [0, 0.1) is 46.3 Å². The van der Waals surface area contributed by atoms with Gasteiger partial charge in [-0.05, 0) is 75.0 Å². The first-order chi connectivity index (χ1) is 16.3. The van der Waals surface area contributed by atoms with E-state index in [1.54, 1.807) is 6.92 Å². The zero-order valence-electron chi connectivity index (χ0n) is 21.8. The van der Waals surface area contributed by atoms with E-state index < -0.39 is 34.9 Å². The third-order valence-corrected chi connectivity index (χ3v) is 10.9. The third-order valence-electron chi connectivity index (χ3n) is 10.9. The summed E-state index contributed by atoms with van der Waals surface area (Å²) < 4.78 is 0. The topological polar surface area (TPSA) is 112 Å². The number of carbonyl (C=O) groups excluding carboxylic acids is 2. The van der Waals surface area contributed by atoms with Gasteiger partial charge in [-0.3, -0.25) is 14.4 Å². The quantitative estimate of drug-likeness (QED) is 0.482. The van der Waals surface area contributed by atoms with Gasteiger partial charge < -0.3 is 15.3 Å². The second-order valence-corrected chi connectivity index (χ2v) is 12.5. The van der Waals surface area contributed by atoms with Crippen LogP contribution in [-0.2, 0) is 14.4 Å². The molecule has 0 aliphatic heterocycles. The lowest BCUT2D eigenvalue weighted by Crippen LogP contribution is -2.58. The molecule has 2 fully saturated rings. The summed E-state index contributed by atoms with van der Waals surface area (Å²) in [5.41, 5.74) is 0.709. The number of aliphatic hydroxyl groups is 2. The Balaban J connectivity index is 1.66. The van der Waals surface area contributed by atoms with Gasteiger partial charge in [-0.1, -0.05) is 39.8 Å². The minimum Gasteiger partial charge on any atom is -0.481 e. The van der Waals surface area contributed by atoms with Crippen LogP contribution in [0.15, 0.2) is 23.3 Å². The Morgan fingerprint density at radius 2 is 1.80 bits per heavy atom. The Morgan fingerprint density at radius 3 is 2.43 bits per heavy atom. The smallest absolute Gasteiger partial charge is 0.310 e. The number of fused-ring (bicyclic) bond motifs is 4. The number of aliphatic carboxylic acids is 1. The van der Waals surface area contributed by atoms with Crippen LogP contribution in [0.5, 0.6) is 0 Å². The van der Waals surface area contributed by atoms with Gasteiger partial charge in [0, 0.05) is 28.4 Å². The minimum absolute atomic E-state index is 0.0249. The molecule has 4 rings (SSSR count). The SMILES string of the molecule is C=C(CC[C@@H](C)C1CCC2C3=C(C(=O)[C@H](O)[C@@]21C)[C@@]1(C)CC[C@@H](O)[C@@H](C)C1CC3=O)[C@H](C)C(=O)O. The van der Waals surface area contributed by atoms with E-state index in [4.69, 9.17) is 0 Å². The molecule has 0 saturated heterocycles. The fraction of sp³-hybridized carbons (Fsp3) is 0.759. The molecule has 3 unspecified atom stereocenters. The van der Waals surface area contributed by atoms with Gasteiger partial charge in [0.25, 0.3) is 0 Å². The molecule has 0 amide bonds. The highest BCUT2D eigenvalue weighted by Crippen LogP contribution is 2.65. The molecular formula is C29H42O6. The molecule has 6 heteroatoms. The van der Waals surface area contributed by atoms with Gasteiger partial charge in [-0.25, -0.2) is 0 Å². The van der Waals surface area contributed by atoms with E-state index in [2.05, 4.69) is 20.4 Å². The van der Waals surface area contributed by atoms with E-state index in [0.717, 1.165) is 19.3 Å². The van der Waals surface area contributed by atoms with E-state index in [9.17, 15) is 29.7 Å². The lowest BCUT2D eigenvalue weighted by Gasteiger charge is -2.56. The zero-order chi connectivity index (χ0) is 26.0. The summed E-state index contributed by atoms with van der Waals surface area (Å²) in [5, 5.41) is 31.3. The van der Waals surface area contributed by atoms with Gasteiger partial charge in [0.05, 0.1) is 12.0 Å². The number of rotatable bonds is 6. The second kappa shape index (κ2) is 8.95. The molecule has 0 spiro atoms. The largest absolute Gasteiger partial charge is 0.481 e. The molecule has 0 aromatic heterocycles. The van der Waals surface area contributed by atoms with E-state index >= 15 is 0 Å². The average Bonchev–Trinajstić information content (AvgIpc) is 3.16. The number of aliphatic hydroxyl groups excluding tert-OH is 2. The van der Waals surface area contributed by atoms with Gasteiger partial charge >= 0.3 is 5.97 Å². The monoisotopic (exact) mass is 486 g/mol. The molecule has 4 aliphatic carbocycles. The summed E-state index contributed by atoms with van der Waals surface area (Å²) >= 11 is 0. The fourth-order valence-electron chi connectivity index (χ4n) is 8.40. The number of hydrogen-bond acceptors (Lipinski definition) is 5. The molecule has 3 N–H and O–H groups in total. The van der Waals surface area contributed by atoms with E-state index in [-0.39, 0.29) is 41.2 Å². The van der Waals surface area contributed by atoms with Gasteiger partial charge in [-0.2, -0.15) is 0 Å². The molecule has 0 radical (unpaired) electrons. The van der Waals surface area contributed by atoms with Crippen LogP contribution >= 0.6 is 0 Å². The highest BCUT2D eigenvalue weighted by molar-refractivity contribution is 6.12. The summed E-state index contributed by atoms with van der Waals surface area (Å²) in [4.78, 5) is 38.8. The minimum atomic E-state index is -1.16. The van der Waals surface area contributed by atoms with Crippen molar-refractivity contribution in [2.24, 2.45) is 46.3 Å². The molecular weight excluding hydrogens is 444 g/mol. The maximum Gasteiger partial charge on any atom is 0.310 e. The number of hydrogen-bond donors (Lipinski definition) is 3. The summed E-state index contributed by atoms with van der Waals surface area (Å²) in [6.45, 7) is 13.8. The fourth-order valence-corrected chi connectivity index (χ4v) is 8.40. The summed E-state index contributed by atoms with van der Waals surface area (Å²) in [6.07, 6.45) is 2.90. The molecule has 0 aromatic rings. The molecule has 0 bridgehead atoms. The van der Waals surface area contributed by atoms with Gasteiger partial charge in [0.15, 0.2) is 11.6 Å². The Hall–Kier alpha value is -1.79. The molecule has 0 heterocycles. The molecule has 10 atom stereocenters. The van der Waals surface area contributed by atoms with Crippen molar-refractivity contribution in [3.63, 3.8) is 0 Å². The first kappa shape index (κ1) is 26.3. The van der Waals surface area contributed by atoms with E-state index in [1.165, 1.54) is 0 Å². The Morgan fingerprint density at radius 1 is 1.14 bits per heavy atom. The van der Waals surface area contributed by atoms with Crippen LogP contribution < -0.4 is 0 Å². The van der Waals surface area contributed by atoms with Gasteiger partial charge in [0.2, 0.25) is 0 Å². The van der Waals surface area contributed by atoms with Gasteiger partial charge in [-0.15, -0.1) is 0 Å². The lowest BCUT2D eigenvalue weighted by atomic mass is 9.47. The average molecular weight is 487 g/mol. The molecule has 6 nitrogen and oxygen atoms in total. The van der Waals surface area contributed by atoms with Crippen LogP contribution in [0.4, 0.5) is 0 Å². The van der Waals surface area contributed by atoms with Gasteiger partial charge in [0.1, 0.15) is 6.10 Å². The van der Waals surface area contributed by atoms with Crippen LogP contribution in [0.25, 0.3) is 0 Å². The van der Waals surface area contributed by atoms with Crippen LogP contribution in [-0.4, -0.2) is 45.1 Å². The maximum atomic E-state index is 13.9. The van der Waals surface area contributed by atoms with Crippen molar-refractivity contribution in [3.05, 3.63) is 23.3 Å². The number of Topliss-reactive ketones (excluding diaryl/α,β-unsaturated/α-hetero) is 2. The van der Waals surface area contributed by atoms with E-state index in [0.29, 0.717) is 42.4 Å². The zero-order valence-corrected chi connectivity index (χ0v) is 21.8. The highest BCUT2D eigenvalue weighted by Gasteiger charge is 2.65. The molecule has 0 aromatic carbocycles. The molecule has 194 valence electrons.